The molecule has 292 valence electrons. The van der Waals surface area contributed by atoms with E-state index >= 15 is 0 Å². The SMILES string of the molecule is Cn1c(=O)c(-c2cnoc2)cc2cc(Nc3nc(N4CCC(CN5CCN(c6ccc7c(c6)C(=O)N(C6CCC(=O)NC6=O)C7=O)CC5)CC4)ncc3Cl)ccc21. The Kier molecular flexibility index (Phi) is 9.44. The number of nitrogens with one attached hydrogen (secondary N) is 2. The summed E-state index contributed by atoms with van der Waals surface area (Å²) in [6.45, 7) is 5.93. The number of carbonyl (C=O) groups excluding carboxylic acids is 4. The Morgan fingerprint density at radius 3 is 2.40 bits per heavy atom. The molecule has 0 spiro atoms. The number of hydrogen-bond acceptors (Lipinski definition) is 13. The number of imide groups is 2. The lowest BCUT2D eigenvalue weighted by Crippen LogP contribution is -2.54. The van der Waals surface area contributed by atoms with E-state index in [-0.39, 0.29) is 24.0 Å². The molecule has 4 aliphatic heterocycles. The number of rotatable bonds is 8. The molecule has 16 nitrogen and oxygen atoms in total. The zero-order valence-corrected chi connectivity index (χ0v) is 31.9. The topological polar surface area (TPSA) is 179 Å². The summed E-state index contributed by atoms with van der Waals surface area (Å²) in [5.41, 5.74) is 3.96. The molecule has 0 saturated carbocycles. The van der Waals surface area contributed by atoms with Crippen LogP contribution in [-0.4, -0.2) is 105 Å². The number of aryl methyl sites for hydroxylation is 1. The highest BCUT2D eigenvalue weighted by Crippen LogP contribution is 2.33. The lowest BCUT2D eigenvalue weighted by atomic mass is 9.96. The van der Waals surface area contributed by atoms with Gasteiger partial charge in [-0.3, -0.25) is 39.1 Å². The average Bonchev–Trinajstić information content (AvgIpc) is 3.84. The second kappa shape index (κ2) is 14.7. The molecule has 3 fully saturated rings. The molecule has 7 heterocycles. The van der Waals surface area contributed by atoms with Gasteiger partial charge in [-0.05, 0) is 67.6 Å². The zero-order chi connectivity index (χ0) is 39.4. The van der Waals surface area contributed by atoms with E-state index in [1.54, 1.807) is 29.9 Å². The summed E-state index contributed by atoms with van der Waals surface area (Å²) >= 11 is 6.57. The van der Waals surface area contributed by atoms with Crippen molar-refractivity contribution in [3.05, 3.63) is 87.6 Å². The van der Waals surface area contributed by atoms with Gasteiger partial charge < -0.3 is 24.2 Å². The van der Waals surface area contributed by atoms with Crippen LogP contribution in [-0.2, 0) is 16.6 Å². The highest BCUT2D eigenvalue weighted by Gasteiger charge is 2.45. The molecule has 5 aromatic rings. The molecule has 0 radical (unpaired) electrons. The van der Waals surface area contributed by atoms with Crippen molar-refractivity contribution in [2.45, 2.75) is 31.7 Å². The van der Waals surface area contributed by atoms with Crippen LogP contribution in [0.15, 0.2) is 70.4 Å². The van der Waals surface area contributed by atoms with Gasteiger partial charge in [0.25, 0.3) is 17.4 Å². The number of benzene rings is 2. The van der Waals surface area contributed by atoms with Crippen LogP contribution in [0.4, 0.5) is 23.1 Å². The van der Waals surface area contributed by atoms with Gasteiger partial charge in [-0.15, -0.1) is 0 Å². The molecule has 2 N–H and O–H groups in total. The van der Waals surface area contributed by atoms with E-state index in [0.717, 1.165) is 85.8 Å². The maximum Gasteiger partial charge on any atom is 0.262 e. The minimum absolute atomic E-state index is 0.0859. The number of piperidine rings is 2. The fourth-order valence-corrected chi connectivity index (χ4v) is 8.50. The first-order valence-electron chi connectivity index (χ1n) is 19.0. The second-order valence-electron chi connectivity index (χ2n) is 15.0. The predicted octanol–water partition coefficient (Wildman–Crippen LogP) is 3.82. The van der Waals surface area contributed by atoms with E-state index in [4.69, 9.17) is 21.1 Å². The number of nitrogens with zero attached hydrogens (tertiary/aromatic N) is 8. The van der Waals surface area contributed by atoms with Gasteiger partial charge in [0.15, 0.2) is 5.82 Å². The van der Waals surface area contributed by atoms with Crippen LogP contribution in [0.5, 0.6) is 0 Å². The van der Waals surface area contributed by atoms with E-state index in [9.17, 15) is 24.0 Å². The number of piperazine rings is 1. The normalized spacial score (nSPS) is 19.4. The Morgan fingerprint density at radius 1 is 0.860 bits per heavy atom. The summed E-state index contributed by atoms with van der Waals surface area (Å²) in [6.07, 6.45) is 6.81. The van der Waals surface area contributed by atoms with Crippen molar-refractivity contribution in [2.24, 2.45) is 13.0 Å². The van der Waals surface area contributed by atoms with Crippen molar-refractivity contribution >= 4 is 69.3 Å². The Hall–Kier alpha value is -6.13. The quantitative estimate of drug-likeness (QED) is 0.217. The summed E-state index contributed by atoms with van der Waals surface area (Å²) in [7, 11) is 1.74. The number of fused-ring (bicyclic) bond motifs is 2. The van der Waals surface area contributed by atoms with E-state index in [1.807, 2.05) is 30.3 Å². The number of carbonyl (C=O) groups is 4. The van der Waals surface area contributed by atoms with Gasteiger partial charge in [0.05, 0.1) is 34.6 Å². The van der Waals surface area contributed by atoms with Crippen LogP contribution in [0.25, 0.3) is 22.0 Å². The number of pyridine rings is 1. The maximum atomic E-state index is 13.3. The molecule has 4 amide bonds. The molecule has 4 aliphatic rings. The summed E-state index contributed by atoms with van der Waals surface area (Å²) < 4.78 is 6.57. The Balaban J connectivity index is 0.789. The number of aromatic nitrogens is 4. The molecule has 1 atom stereocenters. The van der Waals surface area contributed by atoms with Crippen LogP contribution in [0, 0.1) is 5.92 Å². The number of amides is 4. The molecule has 0 bridgehead atoms. The Morgan fingerprint density at radius 2 is 1.65 bits per heavy atom. The van der Waals surface area contributed by atoms with Crippen LogP contribution in [0.1, 0.15) is 46.4 Å². The highest BCUT2D eigenvalue weighted by molar-refractivity contribution is 6.33. The third kappa shape index (κ3) is 6.88. The Bertz CT molecular complexity index is 2490. The average molecular weight is 791 g/mol. The summed E-state index contributed by atoms with van der Waals surface area (Å²) in [6, 6.07) is 11.9. The molecule has 3 saturated heterocycles. The van der Waals surface area contributed by atoms with Crippen molar-refractivity contribution < 1.29 is 23.7 Å². The molecular formula is C40H39ClN10O6. The smallest absolute Gasteiger partial charge is 0.262 e. The molecule has 1 unspecified atom stereocenters. The van der Waals surface area contributed by atoms with Crippen molar-refractivity contribution in [1.82, 2.24) is 34.8 Å². The van der Waals surface area contributed by atoms with E-state index in [0.29, 0.717) is 39.4 Å². The molecule has 2 aromatic carbocycles. The van der Waals surface area contributed by atoms with E-state index < -0.39 is 29.7 Å². The van der Waals surface area contributed by atoms with Crippen molar-refractivity contribution in [1.29, 1.82) is 0 Å². The molecule has 17 heteroatoms. The van der Waals surface area contributed by atoms with Gasteiger partial charge in [-0.25, -0.2) is 4.98 Å². The lowest BCUT2D eigenvalue weighted by Gasteiger charge is -2.39. The highest BCUT2D eigenvalue weighted by atomic mass is 35.5. The monoisotopic (exact) mass is 790 g/mol. The van der Waals surface area contributed by atoms with Crippen molar-refractivity contribution in [3.8, 4) is 11.1 Å². The first-order chi connectivity index (χ1) is 27.6. The van der Waals surface area contributed by atoms with Gasteiger partial charge in [0.2, 0.25) is 17.8 Å². The largest absolute Gasteiger partial charge is 0.369 e. The molecule has 0 aliphatic carbocycles. The van der Waals surface area contributed by atoms with Gasteiger partial charge in [0.1, 0.15) is 17.3 Å². The molecule has 9 rings (SSSR count). The van der Waals surface area contributed by atoms with Crippen LogP contribution < -0.4 is 26.0 Å². The minimum atomic E-state index is -0.981. The first kappa shape index (κ1) is 36.5. The van der Waals surface area contributed by atoms with Gasteiger partial charge in [-0.1, -0.05) is 16.8 Å². The summed E-state index contributed by atoms with van der Waals surface area (Å²) in [4.78, 5) is 80.8. The maximum absolute atomic E-state index is 13.3. The van der Waals surface area contributed by atoms with Crippen molar-refractivity contribution in [2.75, 3.05) is 60.9 Å². The standard InChI is InChI=1S/C40H39ClN10O6/c1-47-32-5-2-26(16-24(32)17-29(37(47)54)25-19-43-57-22-25)44-35-31(41)20-42-40(46-35)50-10-8-23(9-11-50)21-48-12-14-49(15-13-48)27-3-4-28-30(18-27)39(56)51(38(28)55)33-6-7-34(52)45-36(33)53/h2-5,16-20,22-23,33H,6-15,21H2,1H3,(H,42,44,46)(H,45,52,53). The fourth-order valence-electron chi connectivity index (χ4n) is 8.36. The molecule has 3 aromatic heterocycles. The van der Waals surface area contributed by atoms with Crippen molar-refractivity contribution in [3.63, 3.8) is 0 Å². The van der Waals surface area contributed by atoms with Gasteiger partial charge in [-0.2, -0.15) is 4.98 Å². The van der Waals surface area contributed by atoms with Crippen LogP contribution in [0.3, 0.4) is 0 Å². The van der Waals surface area contributed by atoms with E-state index in [2.05, 4.69) is 35.5 Å². The molecule has 57 heavy (non-hydrogen) atoms. The van der Waals surface area contributed by atoms with Gasteiger partial charge >= 0.3 is 0 Å². The lowest BCUT2D eigenvalue weighted by molar-refractivity contribution is -0.136. The van der Waals surface area contributed by atoms with Gasteiger partial charge in [0, 0.05) is 81.6 Å². The Labute approximate surface area is 331 Å². The number of hydrogen-bond donors (Lipinski definition) is 2. The van der Waals surface area contributed by atoms with Crippen LogP contribution >= 0.6 is 11.6 Å². The third-order valence-corrected chi connectivity index (χ3v) is 11.8. The number of anilines is 4. The van der Waals surface area contributed by atoms with Crippen LogP contribution in [0.2, 0.25) is 5.02 Å². The minimum Gasteiger partial charge on any atom is -0.369 e. The first-order valence-corrected chi connectivity index (χ1v) is 19.4. The predicted molar refractivity (Wildman–Crippen MR) is 212 cm³/mol. The van der Waals surface area contributed by atoms with E-state index in [1.165, 1.54) is 12.5 Å². The summed E-state index contributed by atoms with van der Waals surface area (Å²) in [5, 5.41) is 10.6. The fraction of sp³-hybridized carbons (Fsp3) is 0.350. The summed E-state index contributed by atoms with van der Waals surface area (Å²) in [5.74, 6) is -0.368. The zero-order valence-electron chi connectivity index (χ0n) is 31.1. The second-order valence-corrected chi connectivity index (χ2v) is 15.4. The molecular weight excluding hydrogens is 752 g/mol. The number of halogens is 1. The third-order valence-electron chi connectivity index (χ3n) is 11.5.